The maximum atomic E-state index is 12.0. The van der Waals surface area contributed by atoms with Gasteiger partial charge in [-0.2, -0.15) is 0 Å². The molecule has 22 heavy (non-hydrogen) atoms. The van der Waals surface area contributed by atoms with Crippen molar-refractivity contribution >= 4 is 17.8 Å². The van der Waals surface area contributed by atoms with Crippen molar-refractivity contribution in [1.29, 1.82) is 0 Å². The minimum Gasteiger partial charge on any atom is -0.481 e. The van der Waals surface area contributed by atoms with Gasteiger partial charge in [-0.15, -0.1) is 0 Å². The van der Waals surface area contributed by atoms with Crippen molar-refractivity contribution in [1.82, 2.24) is 5.32 Å². The minimum atomic E-state index is -0.901. The van der Waals surface area contributed by atoms with E-state index in [1.807, 2.05) is 0 Å². The van der Waals surface area contributed by atoms with Crippen LogP contribution in [0.25, 0.3) is 0 Å². The number of carbonyl (C=O) groups is 3. The Labute approximate surface area is 129 Å². The summed E-state index contributed by atoms with van der Waals surface area (Å²) in [5.41, 5.74) is -2.20. The van der Waals surface area contributed by atoms with Gasteiger partial charge in [0.15, 0.2) is 0 Å². The minimum absolute atomic E-state index is 0.0149. The molecule has 0 aromatic heterocycles. The van der Waals surface area contributed by atoms with Crippen LogP contribution in [0.1, 0.15) is 58.8 Å². The Morgan fingerprint density at radius 1 is 1.00 bits per heavy atom. The van der Waals surface area contributed by atoms with Gasteiger partial charge in [-0.3, -0.25) is 14.4 Å². The van der Waals surface area contributed by atoms with Gasteiger partial charge in [0.1, 0.15) is 0 Å². The van der Waals surface area contributed by atoms with Crippen molar-refractivity contribution in [2.45, 2.75) is 64.3 Å². The Hall–Kier alpha value is -1.59. The number of rotatable bonds is 4. The van der Waals surface area contributed by atoms with Crippen LogP contribution in [0.2, 0.25) is 0 Å². The number of hydrogen-bond acceptors (Lipinski definition) is 3. The third kappa shape index (κ3) is 2.20. The van der Waals surface area contributed by atoms with Crippen LogP contribution in [-0.2, 0) is 14.4 Å². The fraction of sp³-hybridized carbons (Fsp3) is 0.812. The van der Waals surface area contributed by atoms with Crippen LogP contribution in [0, 0.1) is 16.2 Å². The number of carboxylic acids is 2. The van der Waals surface area contributed by atoms with Gasteiger partial charge in [0, 0.05) is 12.5 Å². The average molecular weight is 309 g/mol. The van der Waals surface area contributed by atoms with Crippen molar-refractivity contribution in [2.75, 3.05) is 0 Å². The number of amides is 1. The molecule has 122 valence electrons. The molecule has 0 radical (unpaired) electrons. The lowest BCUT2D eigenvalue weighted by molar-refractivity contribution is -0.201. The van der Waals surface area contributed by atoms with E-state index >= 15 is 0 Å². The molecule has 0 aromatic carbocycles. The van der Waals surface area contributed by atoms with Crippen LogP contribution >= 0.6 is 0 Å². The molecule has 0 aromatic rings. The Morgan fingerprint density at radius 3 is 2.23 bits per heavy atom. The zero-order valence-corrected chi connectivity index (χ0v) is 13.1. The van der Waals surface area contributed by atoms with Crippen molar-refractivity contribution in [3.63, 3.8) is 0 Å². The number of hydrogen-bond donors (Lipinski definition) is 3. The van der Waals surface area contributed by atoms with Gasteiger partial charge in [-0.25, -0.2) is 0 Å². The molecule has 4 atom stereocenters. The highest BCUT2D eigenvalue weighted by Gasteiger charge is 2.69. The topological polar surface area (TPSA) is 104 Å². The number of carbonyl (C=O) groups excluding carboxylic acids is 1. The molecule has 1 amide bonds. The molecule has 0 aliphatic heterocycles. The maximum Gasteiger partial charge on any atom is 0.309 e. The summed E-state index contributed by atoms with van der Waals surface area (Å²) in [5.74, 6) is -1.90. The summed E-state index contributed by atoms with van der Waals surface area (Å²) in [5, 5.41) is 22.1. The number of aliphatic carboxylic acids is 2. The van der Waals surface area contributed by atoms with E-state index in [4.69, 9.17) is 0 Å². The summed E-state index contributed by atoms with van der Waals surface area (Å²) in [6.45, 7) is 3.49. The van der Waals surface area contributed by atoms with Crippen molar-refractivity contribution in [3.8, 4) is 0 Å². The fourth-order valence-corrected chi connectivity index (χ4v) is 6.61. The van der Waals surface area contributed by atoms with E-state index in [1.54, 1.807) is 0 Å². The molecule has 6 heteroatoms. The highest BCUT2D eigenvalue weighted by Crippen LogP contribution is 2.71. The summed E-state index contributed by atoms with van der Waals surface area (Å²) in [6.07, 6.45) is 3.47. The zero-order chi connectivity index (χ0) is 16.4. The van der Waals surface area contributed by atoms with E-state index in [2.05, 4.69) is 12.2 Å². The highest BCUT2D eigenvalue weighted by atomic mass is 16.4. The second-order valence-corrected chi connectivity index (χ2v) is 8.49. The molecule has 6 nitrogen and oxygen atoms in total. The summed E-state index contributed by atoms with van der Waals surface area (Å²) < 4.78 is 0. The van der Waals surface area contributed by atoms with Gasteiger partial charge in [-0.05, 0) is 49.4 Å². The van der Waals surface area contributed by atoms with Gasteiger partial charge >= 0.3 is 11.9 Å². The summed E-state index contributed by atoms with van der Waals surface area (Å²) >= 11 is 0. The van der Waals surface area contributed by atoms with Crippen LogP contribution in [0.5, 0.6) is 0 Å². The summed E-state index contributed by atoms with van der Waals surface area (Å²) in [4.78, 5) is 35.0. The molecule has 4 bridgehead atoms. The Balaban J connectivity index is 2.08. The van der Waals surface area contributed by atoms with E-state index in [0.29, 0.717) is 25.7 Å². The fourth-order valence-electron chi connectivity index (χ4n) is 6.61. The lowest BCUT2D eigenvalue weighted by Gasteiger charge is -2.68. The smallest absolute Gasteiger partial charge is 0.309 e. The first kappa shape index (κ1) is 15.3. The standard InChI is InChI=1S/C16H23NO5/c1-10(18)17-16-6-13(2)4-14(8-16,3-11(19)20)7-15(5-13,9-16)12(21)22/h3-9H2,1-2H3,(H,17,18)(H,19,20)(H,21,22)/t13-,14+,15+,16-/m1/s1. The van der Waals surface area contributed by atoms with Gasteiger partial charge in [0.25, 0.3) is 0 Å². The molecular weight excluding hydrogens is 286 g/mol. The van der Waals surface area contributed by atoms with Gasteiger partial charge in [-0.1, -0.05) is 6.92 Å². The quantitative estimate of drug-likeness (QED) is 0.734. The van der Waals surface area contributed by atoms with E-state index < -0.39 is 28.3 Å². The van der Waals surface area contributed by atoms with Crippen molar-refractivity contribution in [2.24, 2.45) is 16.2 Å². The van der Waals surface area contributed by atoms with E-state index in [0.717, 1.165) is 12.8 Å². The molecule has 4 saturated carbocycles. The first-order valence-corrected chi connectivity index (χ1v) is 7.76. The average Bonchev–Trinajstić information content (AvgIpc) is 2.20. The monoisotopic (exact) mass is 309 g/mol. The summed E-state index contributed by atoms with van der Waals surface area (Å²) in [7, 11) is 0. The Kier molecular flexibility index (Phi) is 2.95. The first-order valence-electron chi connectivity index (χ1n) is 7.76. The SMILES string of the molecule is CC(=O)N[C@]12C[C@]3(C)C[C@](CC(=O)O)(C1)C[C@@](C(=O)O)(C3)C2. The van der Waals surface area contributed by atoms with E-state index in [-0.39, 0.29) is 17.7 Å². The van der Waals surface area contributed by atoms with Crippen molar-refractivity contribution < 1.29 is 24.6 Å². The Morgan fingerprint density at radius 2 is 1.68 bits per heavy atom. The van der Waals surface area contributed by atoms with Crippen LogP contribution in [-0.4, -0.2) is 33.6 Å². The molecule has 0 saturated heterocycles. The lowest BCUT2D eigenvalue weighted by Crippen LogP contribution is -2.70. The second-order valence-electron chi connectivity index (χ2n) is 8.49. The molecule has 4 rings (SSSR count). The van der Waals surface area contributed by atoms with E-state index in [1.165, 1.54) is 6.92 Å². The van der Waals surface area contributed by atoms with Crippen LogP contribution in [0.15, 0.2) is 0 Å². The largest absolute Gasteiger partial charge is 0.481 e. The van der Waals surface area contributed by atoms with Crippen LogP contribution in [0.3, 0.4) is 0 Å². The van der Waals surface area contributed by atoms with Gasteiger partial charge in [0.2, 0.25) is 5.91 Å². The normalized spacial score (nSPS) is 45.5. The molecule has 4 aliphatic carbocycles. The van der Waals surface area contributed by atoms with Crippen molar-refractivity contribution in [3.05, 3.63) is 0 Å². The first-order chi connectivity index (χ1) is 10.0. The molecule has 4 fully saturated rings. The van der Waals surface area contributed by atoms with Gasteiger partial charge < -0.3 is 15.5 Å². The van der Waals surface area contributed by atoms with Crippen LogP contribution < -0.4 is 5.32 Å². The molecule has 4 aliphatic rings. The summed E-state index contributed by atoms with van der Waals surface area (Å²) in [6, 6.07) is 0. The lowest BCUT2D eigenvalue weighted by atomic mass is 9.37. The third-order valence-corrected chi connectivity index (χ3v) is 5.86. The molecule has 0 unspecified atom stereocenters. The molecular formula is C16H23NO5. The Bertz CT molecular complexity index is 537. The predicted octanol–water partition coefficient (Wildman–Crippen LogP) is 1.78. The number of nitrogens with one attached hydrogen (secondary N) is 1. The second kappa shape index (κ2) is 4.24. The molecule has 0 heterocycles. The van der Waals surface area contributed by atoms with E-state index in [9.17, 15) is 24.6 Å². The number of carboxylic acid groups (broad SMARTS) is 2. The third-order valence-electron chi connectivity index (χ3n) is 5.86. The van der Waals surface area contributed by atoms with Crippen LogP contribution in [0.4, 0.5) is 0 Å². The van der Waals surface area contributed by atoms with Gasteiger partial charge in [0.05, 0.1) is 11.8 Å². The molecule has 0 spiro atoms. The molecule has 3 N–H and O–H groups in total. The zero-order valence-electron chi connectivity index (χ0n) is 13.1. The highest BCUT2D eigenvalue weighted by molar-refractivity contribution is 5.78. The maximum absolute atomic E-state index is 12.0. The predicted molar refractivity (Wildman–Crippen MR) is 77.1 cm³/mol.